The van der Waals surface area contributed by atoms with Gasteiger partial charge in [0.15, 0.2) is 13.0 Å². The van der Waals surface area contributed by atoms with Crippen LogP contribution in [0.15, 0.2) is 6.20 Å². The van der Waals surface area contributed by atoms with Gasteiger partial charge in [-0.3, -0.25) is 0 Å². The molecular weight excluding hydrogens is 66.0 g/mol. The van der Waals surface area contributed by atoms with Gasteiger partial charge in [0.2, 0.25) is 0 Å². The minimum atomic E-state index is 0.583. The highest BCUT2D eigenvalue weighted by Crippen LogP contribution is 1.76. The maximum atomic E-state index is 4.53. The summed E-state index contributed by atoms with van der Waals surface area (Å²) in [6.07, 6.45) is 4.12. The lowest BCUT2D eigenvalue weighted by molar-refractivity contribution is 0.248. The minimum Gasteiger partial charge on any atom is -0.468 e. The van der Waals surface area contributed by atoms with Gasteiger partial charge in [0.05, 0.1) is 0 Å². The molecule has 0 aromatic rings. The summed E-state index contributed by atoms with van der Waals surface area (Å²) in [5.41, 5.74) is 0. The van der Waals surface area contributed by atoms with E-state index in [0.29, 0.717) is 6.73 Å². The van der Waals surface area contributed by atoms with E-state index in [-0.39, 0.29) is 0 Å². The highest BCUT2D eigenvalue weighted by atomic mass is 16.5. The van der Waals surface area contributed by atoms with Crippen molar-refractivity contribution in [3.05, 3.63) is 12.5 Å². The van der Waals surface area contributed by atoms with Gasteiger partial charge in [0.1, 0.15) is 0 Å². The van der Waals surface area contributed by atoms with Crippen LogP contribution in [-0.2, 0) is 4.74 Å². The highest BCUT2D eigenvalue weighted by Gasteiger charge is 1.81. The first-order valence-electron chi connectivity index (χ1n) is 1.42. The van der Waals surface area contributed by atoms with Gasteiger partial charge < -0.3 is 10.1 Å². The van der Waals surface area contributed by atoms with Crippen molar-refractivity contribution in [3.8, 4) is 0 Å². The average Bonchev–Trinajstić information content (AvgIpc) is 1.76. The summed E-state index contributed by atoms with van der Waals surface area (Å²) in [6, 6.07) is 0. The first-order chi connectivity index (χ1) is 2.50. The summed E-state index contributed by atoms with van der Waals surface area (Å²) < 4.78 is 4.53. The number of hydrogen-bond donors (Lipinski definition) is 1. The molecule has 0 aliphatic carbocycles. The van der Waals surface area contributed by atoms with Crippen molar-refractivity contribution in [2.24, 2.45) is 0 Å². The lowest BCUT2D eigenvalue weighted by Gasteiger charge is -1.81. The Hall–Kier alpha value is -0.660. The monoisotopic (exact) mass is 70.0 g/mol. The van der Waals surface area contributed by atoms with Crippen molar-refractivity contribution >= 4 is 0 Å². The van der Waals surface area contributed by atoms with Crippen LogP contribution < -0.4 is 5.32 Å². The summed E-state index contributed by atoms with van der Waals surface area (Å²) in [7, 11) is 0. The molecule has 2 heteroatoms. The summed E-state index contributed by atoms with van der Waals surface area (Å²) in [6.45, 7) is 0.583. The first-order valence-corrected chi connectivity index (χ1v) is 1.42. The largest absolute Gasteiger partial charge is 0.468 e. The molecule has 0 saturated carbocycles. The molecule has 2 nitrogen and oxygen atoms in total. The molecule has 1 N–H and O–H groups in total. The molecule has 0 saturated heterocycles. The second kappa shape index (κ2) is 0.971. The molecular formula is C3H4NO. The fourth-order valence-corrected chi connectivity index (χ4v) is 0.208. The third-order valence-electron chi connectivity index (χ3n) is 0.400. The van der Waals surface area contributed by atoms with Crippen LogP contribution in [-0.4, -0.2) is 6.73 Å². The van der Waals surface area contributed by atoms with Crippen LogP contribution in [0.1, 0.15) is 0 Å². The molecule has 0 aromatic carbocycles. The Labute approximate surface area is 30.4 Å². The quantitative estimate of drug-likeness (QED) is 0.427. The zero-order valence-corrected chi connectivity index (χ0v) is 2.69. The summed E-state index contributed by atoms with van der Waals surface area (Å²) in [5, 5.41) is 2.76. The predicted molar refractivity (Wildman–Crippen MR) is 16.9 cm³/mol. The van der Waals surface area contributed by atoms with Crippen molar-refractivity contribution in [3.63, 3.8) is 0 Å². The summed E-state index contributed by atoms with van der Waals surface area (Å²) >= 11 is 0. The molecule has 0 unspecified atom stereocenters. The predicted octanol–water partition coefficient (Wildman–Crippen LogP) is -0.162. The van der Waals surface area contributed by atoms with Crippen LogP contribution in [0.5, 0.6) is 0 Å². The number of ether oxygens (including phenoxy) is 1. The number of nitrogens with one attached hydrogen (secondary N) is 1. The van der Waals surface area contributed by atoms with Gasteiger partial charge in [-0.2, -0.15) is 0 Å². The van der Waals surface area contributed by atoms with Crippen LogP contribution >= 0.6 is 0 Å². The van der Waals surface area contributed by atoms with Crippen molar-refractivity contribution < 1.29 is 4.74 Å². The molecule has 1 heterocycles. The van der Waals surface area contributed by atoms with Crippen LogP contribution in [0.3, 0.4) is 0 Å². The Bertz CT molecular complexity index is 44.9. The lowest BCUT2D eigenvalue weighted by Crippen LogP contribution is -1.98. The van der Waals surface area contributed by atoms with E-state index in [0.717, 1.165) is 0 Å². The van der Waals surface area contributed by atoms with Gasteiger partial charge in [0.25, 0.3) is 0 Å². The van der Waals surface area contributed by atoms with Gasteiger partial charge >= 0.3 is 0 Å². The molecule has 0 atom stereocenters. The molecule has 0 aromatic heterocycles. The molecule has 1 aliphatic heterocycles. The lowest BCUT2D eigenvalue weighted by atomic mass is 11.0. The van der Waals surface area contributed by atoms with Gasteiger partial charge in [0, 0.05) is 6.20 Å². The molecule has 0 amide bonds. The summed E-state index contributed by atoms with van der Waals surface area (Å²) in [4.78, 5) is 0. The Morgan fingerprint density at radius 3 is 3.20 bits per heavy atom. The molecule has 1 rings (SSSR count). The van der Waals surface area contributed by atoms with Gasteiger partial charge in [-0.05, 0) is 0 Å². The second-order valence-corrected chi connectivity index (χ2v) is 0.755. The van der Waals surface area contributed by atoms with Crippen LogP contribution in [0.25, 0.3) is 0 Å². The normalized spacial score (nSPS) is 17.6. The fourth-order valence-electron chi connectivity index (χ4n) is 0.208. The van der Waals surface area contributed by atoms with E-state index in [1.165, 1.54) is 0 Å². The van der Waals surface area contributed by atoms with E-state index in [2.05, 4.69) is 16.3 Å². The van der Waals surface area contributed by atoms with E-state index < -0.39 is 0 Å². The number of hydrogen-bond acceptors (Lipinski definition) is 2. The Kier molecular flexibility index (Phi) is 0.499. The zero-order valence-electron chi connectivity index (χ0n) is 2.69. The summed E-state index contributed by atoms with van der Waals surface area (Å²) in [5.74, 6) is 0. The van der Waals surface area contributed by atoms with Gasteiger partial charge in [-0.25, -0.2) is 0 Å². The maximum absolute atomic E-state index is 4.53. The maximum Gasteiger partial charge on any atom is 0.181 e. The van der Waals surface area contributed by atoms with Crippen molar-refractivity contribution in [1.29, 1.82) is 0 Å². The standard InChI is InChI=1S/C3H4NO/c1-2-5-3-4-1/h1,4H,3H2. The van der Waals surface area contributed by atoms with Crippen LogP contribution in [0.2, 0.25) is 0 Å². The SMILES string of the molecule is [C]1=CNCO1. The minimum absolute atomic E-state index is 0.583. The van der Waals surface area contributed by atoms with E-state index in [4.69, 9.17) is 0 Å². The van der Waals surface area contributed by atoms with Gasteiger partial charge in [-0.1, -0.05) is 0 Å². The van der Waals surface area contributed by atoms with Crippen LogP contribution in [0.4, 0.5) is 0 Å². The Morgan fingerprint density at radius 2 is 3.00 bits per heavy atom. The van der Waals surface area contributed by atoms with E-state index >= 15 is 0 Å². The van der Waals surface area contributed by atoms with Crippen molar-refractivity contribution in [1.82, 2.24) is 5.32 Å². The van der Waals surface area contributed by atoms with Crippen molar-refractivity contribution in [2.45, 2.75) is 0 Å². The van der Waals surface area contributed by atoms with Gasteiger partial charge in [-0.15, -0.1) is 0 Å². The molecule has 0 fully saturated rings. The number of rotatable bonds is 0. The third kappa shape index (κ3) is 0.318. The third-order valence-corrected chi connectivity index (χ3v) is 0.400. The molecule has 0 spiro atoms. The fraction of sp³-hybridized carbons (Fsp3) is 0.333. The van der Waals surface area contributed by atoms with Crippen LogP contribution in [0, 0.1) is 6.26 Å². The average molecular weight is 70.1 g/mol. The highest BCUT2D eigenvalue weighted by molar-refractivity contribution is 4.65. The van der Waals surface area contributed by atoms with E-state index in [1.807, 2.05) is 0 Å². The molecule has 0 bridgehead atoms. The molecule has 27 valence electrons. The first kappa shape index (κ1) is 2.57. The Morgan fingerprint density at radius 1 is 2.00 bits per heavy atom. The van der Waals surface area contributed by atoms with Crippen molar-refractivity contribution in [2.75, 3.05) is 6.73 Å². The zero-order chi connectivity index (χ0) is 3.54. The second-order valence-electron chi connectivity index (χ2n) is 0.755. The molecule has 1 aliphatic rings. The molecule has 5 heavy (non-hydrogen) atoms. The smallest absolute Gasteiger partial charge is 0.181 e. The van der Waals surface area contributed by atoms with E-state index in [1.54, 1.807) is 6.20 Å². The molecule has 1 radical (unpaired) electrons. The topological polar surface area (TPSA) is 21.3 Å². The van der Waals surface area contributed by atoms with E-state index in [9.17, 15) is 0 Å². The Balaban J connectivity index is 2.32.